The first-order valence-electron chi connectivity index (χ1n) is 10.2. The van der Waals surface area contributed by atoms with E-state index in [0.29, 0.717) is 30.6 Å². The number of rotatable bonds is 5. The highest BCUT2D eigenvalue weighted by atomic mass is 16.5. The number of nitrogens with zero attached hydrogens (tertiary/aromatic N) is 4. The SMILES string of the molecule is COc1cccc(O[C@@H](C)C(=O)N2CCc3nc([C@H]4CCCN4C)ncc3C2)c1. The van der Waals surface area contributed by atoms with Crippen molar-refractivity contribution in [3.05, 3.63) is 47.5 Å². The minimum Gasteiger partial charge on any atom is -0.497 e. The average molecular weight is 396 g/mol. The monoisotopic (exact) mass is 396 g/mol. The molecule has 1 aromatic heterocycles. The number of aromatic nitrogens is 2. The molecule has 0 aliphatic carbocycles. The molecule has 7 heteroatoms. The van der Waals surface area contributed by atoms with Gasteiger partial charge in [-0.1, -0.05) is 6.07 Å². The van der Waals surface area contributed by atoms with E-state index < -0.39 is 6.10 Å². The van der Waals surface area contributed by atoms with Gasteiger partial charge >= 0.3 is 0 Å². The number of ether oxygens (including phenoxy) is 2. The lowest BCUT2D eigenvalue weighted by atomic mass is 10.1. The number of amides is 1. The molecule has 0 unspecified atom stereocenters. The van der Waals surface area contributed by atoms with Crippen LogP contribution in [0.5, 0.6) is 11.5 Å². The van der Waals surface area contributed by atoms with Crippen LogP contribution in [0.4, 0.5) is 0 Å². The van der Waals surface area contributed by atoms with Crippen LogP contribution < -0.4 is 9.47 Å². The normalized spacial score (nSPS) is 20.2. The molecule has 2 aliphatic rings. The molecule has 1 saturated heterocycles. The maximum atomic E-state index is 12.9. The van der Waals surface area contributed by atoms with Crippen molar-refractivity contribution in [2.75, 3.05) is 27.2 Å². The van der Waals surface area contributed by atoms with E-state index in [0.717, 1.165) is 36.5 Å². The Labute approximate surface area is 171 Å². The minimum atomic E-state index is -0.573. The van der Waals surface area contributed by atoms with Crippen LogP contribution in [-0.4, -0.2) is 59.0 Å². The van der Waals surface area contributed by atoms with E-state index in [9.17, 15) is 4.79 Å². The van der Waals surface area contributed by atoms with Gasteiger partial charge in [0, 0.05) is 37.3 Å². The Morgan fingerprint density at radius 1 is 1.28 bits per heavy atom. The number of methoxy groups -OCH3 is 1. The van der Waals surface area contributed by atoms with E-state index in [1.165, 1.54) is 6.42 Å². The first-order valence-corrected chi connectivity index (χ1v) is 10.2. The molecule has 0 spiro atoms. The van der Waals surface area contributed by atoms with Gasteiger partial charge in [-0.25, -0.2) is 9.97 Å². The van der Waals surface area contributed by atoms with Crippen molar-refractivity contribution < 1.29 is 14.3 Å². The Bertz CT molecular complexity index is 888. The van der Waals surface area contributed by atoms with Gasteiger partial charge in [0.1, 0.15) is 17.3 Å². The molecule has 1 fully saturated rings. The van der Waals surface area contributed by atoms with Crippen molar-refractivity contribution in [3.8, 4) is 11.5 Å². The Hall–Kier alpha value is -2.67. The fourth-order valence-corrected chi connectivity index (χ4v) is 4.10. The van der Waals surface area contributed by atoms with Crippen LogP contribution in [0, 0.1) is 0 Å². The third-order valence-corrected chi connectivity index (χ3v) is 5.78. The number of likely N-dealkylation sites (tertiary alicyclic amines) is 1. The number of carbonyl (C=O) groups excluding carboxylic acids is 1. The molecule has 1 aromatic carbocycles. The van der Waals surface area contributed by atoms with Crippen molar-refractivity contribution in [1.29, 1.82) is 0 Å². The van der Waals surface area contributed by atoms with Crippen LogP contribution in [0.25, 0.3) is 0 Å². The molecule has 0 bridgehead atoms. The van der Waals surface area contributed by atoms with E-state index in [4.69, 9.17) is 14.5 Å². The van der Waals surface area contributed by atoms with Crippen molar-refractivity contribution in [2.45, 2.75) is 44.9 Å². The van der Waals surface area contributed by atoms with Gasteiger partial charge in [-0.15, -0.1) is 0 Å². The van der Waals surface area contributed by atoms with Crippen LogP contribution >= 0.6 is 0 Å². The lowest BCUT2D eigenvalue weighted by Crippen LogP contribution is -2.43. The first-order chi connectivity index (χ1) is 14.0. The van der Waals surface area contributed by atoms with Crippen molar-refractivity contribution >= 4 is 5.91 Å². The average Bonchev–Trinajstić information content (AvgIpc) is 3.18. The summed E-state index contributed by atoms with van der Waals surface area (Å²) in [5.41, 5.74) is 2.10. The van der Waals surface area contributed by atoms with Crippen LogP contribution in [0.1, 0.15) is 42.9 Å². The van der Waals surface area contributed by atoms with Gasteiger partial charge in [0.2, 0.25) is 0 Å². The van der Waals surface area contributed by atoms with Crippen molar-refractivity contribution in [1.82, 2.24) is 19.8 Å². The Morgan fingerprint density at radius 3 is 2.86 bits per heavy atom. The van der Waals surface area contributed by atoms with Crippen molar-refractivity contribution in [2.24, 2.45) is 0 Å². The summed E-state index contributed by atoms with van der Waals surface area (Å²) in [5, 5.41) is 0. The number of carbonyl (C=O) groups is 1. The molecule has 2 aliphatic heterocycles. The molecule has 7 nitrogen and oxygen atoms in total. The van der Waals surface area contributed by atoms with E-state index >= 15 is 0 Å². The number of fused-ring (bicyclic) bond motifs is 1. The van der Waals surface area contributed by atoms with E-state index in [1.807, 2.05) is 29.3 Å². The van der Waals surface area contributed by atoms with Gasteiger partial charge in [-0.3, -0.25) is 9.69 Å². The van der Waals surface area contributed by atoms with Gasteiger partial charge in [-0.2, -0.15) is 0 Å². The summed E-state index contributed by atoms with van der Waals surface area (Å²) in [6.45, 7) is 4.06. The van der Waals surface area contributed by atoms with Crippen molar-refractivity contribution in [3.63, 3.8) is 0 Å². The largest absolute Gasteiger partial charge is 0.497 e. The first kappa shape index (κ1) is 19.6. The smallest absolute Gasteiger partial charge is 0.263 e. The molecule has 2 atom stereocenters. The maximum absolute atomic E-state index is 12.9. The van der Waals surface area contributed by atoms with Gasteiger partial charge in [-0.05, 0) is 45.5 Å². The molecule has 29 heavy (non-hydrogen) atoms. The summed E-state index contributed by atoms with van der Waals surface area (Å²) in [6.07, 6.45) is 4.38. The second-order valence-electron chi connectivity index (χ2n) is 7.79. The van der Waals surface area contributed by atoms with Crippen LogP contribution in [-0.2, 0) is 17.8 Å². The molecule has 0 N–H and O–H groups in total. The molecular formula is C22H28N4O3. The molecular weight excluding hydrogens is 368 g/mol. The van der Waals surface area contributed by atoms with Crippen LogP contribution in [0.15, 0.2) is 30.5 Å². The minimum absolute atomic E-state index is 0.0296. The summed E-state index contributed by atoms with van der Waals surface area (Å²) in [6, 6.07) is 7.62. The highest BCUT2D eigenvalue weighted by molar-refractivity contribution is 5.81. The van der Waals surface area contributed by atoms with E-state index in [-0.39, 0.29) is 5.91 Å². The molecule has 1 amide bonds. The van der Waals surface area contributed by atoms with Gasteiger partial charge in [0.15, 0.2) is 6.10 Å². The third-order valence-electron chi connectivity index (χ3n) is 5.78. The topological polar surface area (TPSA) is 67.8 Å². The van der Waals surface area contributed by atoms with Gasteiger partial charge in [0.05, 0.1) is 18.8 Å². The summed E-state index contributed by atoms with van der Waals surface area (Å²) in [5.74, 6) is 2.21. The fourth-order valence-electron chi connectivity index (χ4n) is 4.10. The highest BCUT2D eigenvalue weighted by Gasteiger charge is 2.29. The molecule has 0 saturated carbocycles. The fraction of sp³-hybridized carbons (Fsp3) is 0.500. The summed E-state index contributed by atoms with van der Waals surface area (Å²) >= 11 is 0. The van der Waals surface area contributed by atoms with Crippen LogP contribution in [0.3, 0.4) is 0 Å². The molecule has 4 rings (SSSR count). The summed E-state index contributed by atoms with van der Waals surface area (Å²) < 4.78 is 11.1. The standard InChI is InChI=1S/C22H28N4O3/c1-15(29-18-7-4-6-17(12-18)28-3)22(27)26-11-9-19-16(14-26)13-23-21(24-19)20-8-5-10-25(20)2/h4,6-7,12-13,15,20H,5,8-11,14H2,1-3H3/t15-,20+/m0/s1. The highest BCUT2D eigenvalue weighted by Crippen LogP contribution is 2.29. The van der Waals surface area contributed by atoms with E-state index in [2.05, 4.69) is 16.9 Å². The Kier molecular flexibility index (Phi) is 5.67. The number of hydrogen-bond donors (Lipinski definition) is 0. The molecule has 2 aromatic rings. The second-order valence-corrected chi connectivity index (χ2v) is 7.79. The predicted molar refractivity (Wildman–Crippen MR) is 109 cm³/mol. The molecule has 0 radical (unpaired) electrons. The lowest BCUT2D eigenvalue weighted by molar-refractivity contribution is -0.138. The zero-order valence-electron chi connectivity index (χ0n) is 17.3. The van der Waals surface area contributed by atoms with E-state index in [1.54, 1.807) is 20.1 Å². The maximum Gasteiger partial charge on any atom is 0.263 e. The Balaban J connectivity index is 1.41. The molecule has 154 valence electrons. The summed E-state index contributed by atoms with van der Waals surface area (Å²) in [7, 11) is 3.74. The second kappa shape index (κ2) is 8.37. The van der Waals surface area contributed by atoms with Gasteiger partial charge < -0.3 is 14.4 Å². The zero-order valence-corrected chi connectivity index (χ0v) is 17.3. The zero-order chi connectivity index (χ0) is 20.4. The van der Waals surface area contributed by atoms with Crippen LogP contribution in [0.2, 0.25) is 0 Å². The predicted octanol–water partition coefficient (Wildman–Crippen LogP) is 2.60. The Morgan fingerprint density at radius 2 is 2.10 bits per heavy atom. The number of hydrogen-bond acceptors (Lipinski definition) is 6. The third kappa shape index (κ3) is 4.19. The lowest BCUT2D eigenvalue weighted by Gasteiger charge is -2.31. The summed E-state index contributed by atoms with van der Waals surface area (Å²) in [4.78, 5) is 26.5. The number of benzene rings is 1. The van der Waals surface area contributed by atoms with Gasteiger partial charge in [0.25, 0.3) is 5.91 Å². The quantitative estimate of drug-likeness (QED) is 0.774. The molecule has 3 heterocycles.